The van der Waals surface area contributed by atoms with Crippen LogP contribution in [0.3, 0.4) is 0 Å². The summed E-state index contributed by atoms with van der Waals surface area (Å²) in [5.41, 5.74) is 0.748. The van der Waals surface area contributed by atoms with Gasteiger partial charge in [-0.05, 0) is 54.4 Å². The third-order valence-electron chi connectivity index (χ3n) is 4.48. The molecule has 0 fully saturated rings. The Hall–Kier alpha value is -3.41. The van der Waals surface area contributed by atoms with Crippen LogP contribution in [-0.2, 0) is 14.3 Å². The topological polar surface area (TPSA) is 64.6 Å². The Balaban J connectivity index is 1.48. The number of rotatable bonds is 7. The molecule has 0 aliphatic heterocycles. The molecule has 1 N–H and O–H groups in total. The number of hydrogen-bond acceptors (Lipinski definition) is 4. The fourth-order valence-corrected chi connectivity index (χ4v) is 2.85. The van der Waals surface area contributed by atoms with Gasteiger partial charge in [0.05, 0.1) is 6.04 Å². The van der Waals surface area contributed by atoms with Gasteiger partial charge in [0.1, 0.15) is 11.6 Å². The quantitative estimate of drug-likeness (QED) is 0.610. The molecule has 0 aromatic heterocycles. The summed E-state index contributed by atoms with van der Waals surface area (Å²) >= 11 is 0. The van der Waals surface area contributed by atoms with Crippen LogP contribution in [0.15, 0.2) is 66.7 Å². The molecule has 1 amide bonds. The lowest BCUT2D eigenvalue weighted by Crippen LogP contribution is -2.38. The first-order chi connectivity index (χ1) is 13.9. The van der Waals surface area contributed by atoms with Crippen LogP contribution in [0.2, 0.25) is 0 Å². The van der Waals surface area contributed by atoms with Gasteiger partial charge in [-0.2, -0.15) is 0 Å². The molecule has 5 nitrogen and oxygen atoms in total. The van der Waals surface area contributed by atoms with Crippen LogP contribution in [-0.4, -0.2) is 24.6 Å². The Kier molecular flexibility index (Phi) is 6.44. The highest BCUT2D eigenvalue weighted by Crippen LogP contribution is 2.20. The first-order valence-corrected chi connectivity index (χ1v) is 9.29. The van der Waals surface area contributed by atoms with E-state index in [2.05, 4.69) is 5.32 Å². The van der Waals surface area contributed by atoms with Crippen molar-refractivity contribution in [3.8, 4) is 5.75 Å². The molecule has 3 aromatic carbocycles. The molecule has 0 aliphatic carbocycles. The van der Waals surface area contributed by atoms with E-state index in [-0.39, 0.29) is 18.5 Å². The average Bonchev–Trinajstić information content (AvgIpc) is 2.72. The van der Waals surface area contributed by atoms with Gasteiger partial charge < -0.3 is 14.8 Å². The maximum atomic E-state index is 13.0. The summed E-state index contributed by atoms with van der Waals surface area (Å²) in [6.45, 7) is 2.95. The number of nitrogens with one attached hydrogen (secondary N) is 1. The maximum absolute atomic E-state index is 13.0. The molecule has 29 heavy (non-hydrogen) atoms. The van der Waals surface area contributed by atoms with E-state index in [0.717, 1.165) is 16.3 Å². The molecule has 2 atom stereocenters. The molecule has 3 aromatic rings. The molecule has 0 unspecified atom stereocenters. The fraction of sp³-hybridized carbons (Fsp3) is 0.217. The Morgan fingerprint density at radius 2 is 1.66 bits per heavy atom. The molecule has 3 rings (SSSR count). The zero-order valence-corrected chi connectivity index (χ0v) is 16.2. The number of benzene rings is 3. The number of carbonyl (C=O) groups excluding carboxylic acids is 2. The number of halogens is 1. The van der Waals surface area contributed by atoms with E-state index in [1.807, 2.05) is 36.4 Å². The number of amides is 1. The minimum atomic E-state index is -0.981. The van der Waals surface area contributed by atoms with Gasteiger partial charge in [-0.15, -0.1) is 0 Å². The van der Waals surface area contributed by atoms with Crippen LogP contribution in [0.1, 0.15) is 25.5 Å². The van der Waals surface area contributed by atoms with Crippen LogP contribution >= 0.6 is 0 Å². The zero-order chi connectivity index (χ0) is 20.8. The first kappa shape index (κ1) is 20.3. The summed E-state index contributed by atoms with van der Waals surface area (Å²) in [5, 5.41) is 4.81. The number of fused-ring (bicyclic) bond motifs is 1. The third kappa shape index (κ3) is 5.54. The van der Waals surface area contributed by atoms with Gasteiger partial charge in [0, 0.05) is 0 Å². The summed E-state index contributed by atoms with van der Waals surface area (Å²) in [6, 6.07) is 18.8. The average molecular weight is 395 g/mol. The largest absolute Gasteiger partial charge is 0.482 e. The first-order valence-electron chi connectivity index (χ1n) is 9.29. The highest BCUT2D eigenvalue weighted by Gasteiger charge is 2.20. The third-order valence-corrected chi connectivity index (χ3v) is 4.48. The summed E-state index contributed by atoms with van der Waals surface area (Å²) in [7, 11) is 0. The smallest absolute Gasteiger partial charge is 0.344 e. The molecule has 6 heteroatoms. The van der Waals surface area contributed by atoms with E-state index in [1.165, 1.54) is 19.1 Å². The van der Waals surface area contributed by atoms with Gasteiger partial charge in [0.15, 0.2) is 12.7 Å². The zero-order valence-electron chi connectivity index (χ0n) is 16.2. The Labute approximate surface area is 168 Å². The monoisotopic (exact) mass is 395 g/mol. The van der Waals surface area contributed by atoms with E-state index in [9.17, 15) is 14.0 Å². The molecular formula is C23H22FNO4. The van der Waals surface area contributed by atoms with Crippen molar-refractivity contribution < 1.29 is 23.5 Å². The lowest BCUT2D eigenvalue weighted by atomic mass is 10.1. The van der Waals surface area contributed by atoms with Gasteiger partial charge in [-0.25, -0.2) is 9.18 Å². The van der Waals surface area contributed by atoms with Crippen molar-refractivity contribution in [3.63, 3.8) is 0 Å². The molecule has 0 radical (unpaired) electrons. The number of ether oxygens (including phenoxy) is 2. The van der Waals surface area contributed by atoms with Crippen LogP contribution in [0, 0.1) is 5.82 Å². The number of esters is 1. The molecule has 0 saturated heterocycles. The molecule has 0 spiro atoms. The van der Waals surface area contributed by atoms with Crippen LogP contribution in [0.5, 0.6) is 5.75 Å². The van der Waals surface area contributed by atoms with Gasteiger partial charge in [-0.3, -0.25) is 4.79 Å². The minimum Gasteiger partial charge on any atom is -0.482 e. The summed E-state index contributed by atoms with van der Waals surface area (Å²) in [6.07, 6.45) is -0.981. The predicted molar refractivity (Wildman–Crippen MR) is 108 cm³/mol. The Morgan fingerprint density at radius 1 is 0.966 bits per heavy atom. The van der Waals surface area contributed by atoms with Crippen molar-refractivity contribution in [1.82, 2.24) is 5.32 Å². The van der Waals surface area contributed by atoms with Crippen molar-refractivity contribution in [3.05, 3.63) is 78.1 Å². The molecule has 0 saturated carbocycles. The molecule has 0 heterocycles. The molecule has 150 valence electrons. The summed E-state index contributed by atoms with van der Waals surface area (Å²) in [5.74, 6) is -0.889. The van der Waals surface area contributed by atoms with Gasteiger partial charge in [0.25, 0.3) is 5.91 Å². The molecule has 0 bridgehead atoms. The lowest BCUT2D eigenvalue weighted by Gasteiger charge is -2.18. The van der Waals surface area contributed by atoms with E-state index >= 15 is 0 Å². The standard InChI is InChI=1S/C23H22FNO4/c1-15(17-7-10-20(24)11-8-17)25-23(27)16(2)29-22(26)14-28-21-12-9-18-5-3-4-6-19(18)13-21/h3-13,15-16H,14H2,1-2H3,(H,25,27)/t15-,16-/m0/s1. The predicted octanol–water partition coefficient (Wildman–Crippen LogP) is 4.17. The second-order valence-corrected chi connectivity index (χ2v) is 6.71. The van der Waals surface area contributed by atoms with E-state index < -0.39 is 18.0 Å². The van der Waals surface area contributed by atoms with Crippen molar-refractivity contribution >= 4 is 22.6 Å². The highest BCUT2D eigenvalue weighted by atomic mass is 19.1. The van der Waals surface area contributed by atoms with Crippen molar-refractivity contribution in [1.29, 1.82) is 0 Å². The van der Waals surface area contributed by atoms with Crippen molar-refractivity contribution in [2.75, 3.05) is 6.61 Å². The summed E-state index contributed by atoms with van der Waals surface area (Å²) in [4.78, 5) is 24.3. The summed E-state index contributed by atoms with van der Waals surface area (Å²) < 4.78 is 23.6. The van der Waals surface area contributed by atoms with E-state index in [4.69, 9.17) is 9.47 Å². The Morgan fingerprint density at radius 3 is 2.38 bits per heavy atom. The van der Waals surface area contributed by atoms with Gasteiger partial charge in [-0.1, -0.05) is 42.5 Å². The van der Waals surface area contributed by atoms with Gasteiger partial charge >= 0.3 is 5.97 Å². The fourth-order valence-electron chi connectivity index (χ4n) is 2.85. The second-order valence-electron chi connectivity index (χ2n) is 6.71. The van der Waals surface area contributed by atoms with Crippen LogP contribution < -0.4 is 10.1 Å². The lowest BCUT2D eigenvalue weighted by molar-refractivity contribution is -0.156. The number of carbonyl (C=O) groups is 2. The Bertz CT molecular complexity index is 1000. The SMILES string of the molecule is C[C@H](OC(=O)COc1ccc2ccccc2c1)C(=O)N[C@@H](C)c1ccc(F)cc1. The van der Waals surface area contributed by atoms with Crippen LogP contribution in [0.4, 0.5) is 4.39 Å². The van der Waals surface area contributed by atoms with E-state index in [1.54, 1.807) is 25.1 Å². The highest BCUT2D eigenvalue weighted by molar-refractivity contribution is 5.85. The van der Waals surface area contributed by atoms with Gasteiger partial charge in [0.2, 0.25) is 0 Å². The van der Waals surface area contributed by atoms with Crippen molar-refractivity contribution in [2.24, 2.45) is 0 Å². The second kappa shape index (κ2) is 9.19. The number of hydrogen-bond donors (Lipinski definition) is 1. The molecule has 0 aliphatic rings. The molecular weight excluding hydrogens is 373 g/mol. The maximum Gasteiger partial charge on any atom is 0.344 e. The van der Waals surface area contributed by atoms with Crippen LogP contribution in [0.25, 0.3) is 10.8 Å². The van der Waals surface area contributed by atoms with E-state index in [0.29, 0.717) is 5.75 Å². The minimum absolute atomic E-state index is 0.302. The normalized spacial score (nSPS) is 12.8. The van der Waals surface area contributed by atoms with Crippen molar-refractivity contribution in [2.45, 2.75) is 26.0 Å².